The van der Waals surface area contributed by atoms with Crippen LogP contribution < -0.4 is 5.32 Å². The average molecular weight is 255 g/mol. The van der Waals surface area contributed by atoms with E-state index in [4.69, 9.17) is 4.74 Å². The molecular weight excluding hydrogens is 233 g/mol. The van der Waals surface area contributed by atoms with Gasteiger partial charge in [0.25, 0.3) is 0 Å². The highest BCUT2D eigenvalue weighted by molar-refractivity contribution is 5.26. The summed E-state index contributed by atoms with van der Waals surface area (Å²) >= 11 is 0. The first-order valence-electron chi connectivity index (χ1n) is 6.26. The minimum absolute atomic E-state index is 0.298. The van der Waals surface area contributed by atoms with E-state index < -0.39 is 11.4 Å². The van der Waals surface area contributed by atoms with Crippen molar-refractivity contribution in [3.63, 3.8) is 0 Å². The molecule has 0 aromatic rings. The van der Waals surface area contributed by atoms with Crippen LogP contribution in [0.4, 0.5) is 4.39 Å². The first kappa shape index (κ1) is 15.1. The van der Waals surface area contributed by atoms with Gasteiger partial charge in [-0.2, -0.15) is 0 Å². The Hall–Kier alpha value is -0.970. The second-order valence-electron chi connectivity index (χ2n) is 4.43. The molecule has 1 aliphatic heterocycles. The third kappa shape index (κ3) is 3.51. The lowest BCUT2D eigenvalue weighted by Gasteiger charge is -2.40. The van der Waals surface area contributed by atoms with Gasteiger partial charge in [-0.1, -0.05) is 12.7 Å². The monoisotopic (exact) mass is 255 g/mol. The summed E-state index contributed by atoms with van der Waals surface area (Å²) in [5, 5.41) is 13.9. The fraction of sp³-hybridized carbons (Fsp3) is 0.571. The van der Waals surface area contributed by atoms with E-state index >= 15 is 0 Å². The summed E-state index contributed by atoms with van der Waals surface area (Å²) in [6.07, 6.45) is 4.30. The highest BCUT2D eigenvalue weighted by Crippen LogP contribution is 2.29. The number of ether oxygens (including phenoxy) is 1. The van der Waals surface area contributed by atoms with Gasteiger partial charge >= 0.3 is 0 Å². The minimum Gasteiger partial charge on any atom is -0.383 e. The van der Waals surface area contributed by atoms with Crippen molar-refractivity contribution in [2.24, 2.45) is 0 Å². The molecule has 0 amide bonds. The number of hydrogen-bond donors (Lipinski definition) is 2. The molecule has 1 rings (SSSR count). The molecule has 4 heteroatoms. The van der Waals surface area contributed by atoms with Gasteiger partial charge in [0.15, 0.2) is 0 Å². The van der Waals surface area contributed by atoms with Gasteiger partial charge in [-0.3, -0.25) is 0 Å². The van der Waals surface area contributed by atoms with E-state index in [0.29, 0.717) is 25.1 Å². The summed E-state index contributed by atoms with van der Waals surface area (Å²) in [6, 6.07) is 0. The predicted octanol–water partition coefficient (Wildman–Crippen LogP) is 2.10. The average Bonchev–Trinajstić information content (AvgIpc) is 2.38. The summed E-state index contributed by atoms with van der Waals surface area (Å²) in [5.74, 6) is -0.417. The highest BCUT2D eigenvalue weighted by atomic mass is 19.1. The van der Waals surface area contributed by atoms with Gasteiger partial charge in [0, 0.05) is 13.2 Å². The quantitative estimate of drug-likeness (QED) is 0.739. The van der Waals surface area contributed by atoms with Gasteiger partial charge < -0.3 is 15.2 Å². The molecule has 0 bridgehead atoms. The predicted molar refractivity (Wildman–Crippen MR) is 71.0 cm³/mol. The summed E-state index contributed by atoms with van der Waals surface area (Å²) in [5.41, 5.74) is -0.321. The van der Waals surface area contributed by atoms with Crippen LogP contribution in [0, 0.1) is 0 Å². The first-order valence-corrected chi connectivity index (χ1v) is 6.26. The first-order chi connectivity index (χ1) is 8.54. The van der Waals surface area contributed by atoms with E-state index in [1.165, 1.54) is 6.08 Å². The molecule has 102 valence electrons. The van der Waals surface area contributed by atoms with Crippen molar-refractivity contribution in [3.05, 3.63) is 36.2 Å². The van der Waals surface area contributed by atoms with Crippen LogP contribution >= 0.6 is 0 Å². The molecule has 0 aliphatic carbocycles. The second kappa shape index (κ2) is 6.83. The van der Waals surface area contributed by atoms with E-state index in [2.05, 4.69) is 11.9 Å². The van der Waals surface area contributed by atoms with Crippen molar-refractivity contribution in [2.45, 2.75) is 32.0 Å². The molecule has 1 fully saturated rings. The van der Waals surface area contributed by atoms with E-state index in [9.17, 15) is 9.50 Å². The Balaban J connectivity index is 2.90. The van der Waals surface area contributed by atoms with Crippen LogP contribution in [0.3, 0.4) is 0 Å². The van der Waals surface area contributed by atoms with E-state index in [0.717, 1.165) is 12.6 Å². The molecule has 1 heterocycles. The zero-order valence-corrected chi connectivity index (χ0v) is 11.1. The second-order valence-corrected chi connectivity index (χ2v) is 4.43. The molecule has 0 spiro atoms. The van der Waals surface area contributed by atoms with E-state index in [1.54, 1.807) is 13.0 Å². The van der Waals surface area contributed by atoms with Crippen molar-refractivity contribution < 1.29 is 14.2 Å². The molecule has 1 aliphatic rings. The van der Waals surface area contributed by atoms with Crippen molar-refractivity contribution in [3.8, 4) is 0 Å². The number of hydrogen-bond acceptors (Lipinski definition) is 3. The fourth-order valence-corrected chi connectivity index (χ4v) is 2.11. The molecule has 1 saturated heterocycles. The largest absolute Gasteiger partial charge is 0.383 e. The van der Waals surface area contributed by atoms with Crippen molar-refractivity contribution in [1.82, 2.24) is 5.32 Å². The molecular formula is C14H22FNO2. The molecule has 3 nitrogen and oxygen atoms in total. The third-order valence-corrected chi connectivity index (χ3v) is 3.28. The van der Waals surface area contributed by atoms with Crippen LogP contribution in [-0.4, -0.2) is 36.5 Å². The molecule has 0 saturated carbocycles. The lowest BCUT2D eigenvalue weighted by atomic mass is 9.82. The van der Waals surface area contributed by atoms with Crippen LogP contribution in [0.1, 0.15) is 20.3 Å². The highest BCUT2D eigenvalue weighted by Gasteiger charge is 2.40. The van der Waals surface area contributed by atoms with Crippen LogP contribution in [0.15, 0.2) is 36.2 Å². The summed E-state index contributed by atoms with van der Waals surface area (Å²) in [6.45, 7) is 8.90. The molecule has 18 heavy (non-hydrogen) atoms. The smallest absolute Gasteiger partial charge is 0.122 e. The summed E-state index contributed by atoms with van der Waals surface area (Å²) in [4.78, 5) is 0. The topological polar surface area (TPSA) is 41.5 Å². The summed E-state index contributed by atoms with van der Waals surface area (Å²) in [7, 11) is 0. The zero-order valence-electron chi connectivity index (χ0n) is 11.1. The van der Waals surface area contributed by atoms with Crippen molar-refractivity contribution in [1.29, 1.82) is 0 Å². The Morgan fingerprint density at radius 1 is 1.61 bits per heavy atom. The maximum atomic E-state index is 13.0. The van der Waals surface area contributed by atoms with Gasteiger partial charge in [-0.25, -0.2) is 4.39 Å². The van der Waals surface area contributed by atoms with Crippen molar-refractivity contribution in [2.75, 3.05) is 19.7 Å². The molecule has 2 N–H and O–H groups in total. The Bertz CT molecular complexity index is 350. The van der Waals surface area contributed by atoms with Crippen LogP contribution in [0.25, 0.3) is 0 Å². The number of aliphatic hydroxyl groups is 1. The molecule has 2 unspecified atom stereocenters. The number of halogens is 1. The molecule has 0 aromatic carbocycles. The van der Waals surface area contributed by atoms with E-state index in [-0.39, 0.29) is 6.10 Å². The lowest BCUT2D eigenvalue weighted by Crippen LogP contribution is -2.56. The Kier molecular flexibility index (Phi) is 5.72. The third-order valence-electron chi connectivity index (χ3n) is 3.28. The fourth-order valence-electron chi connectivity index (χ4n) is 2.11. The zero-order chi connectivity index (χ0) is 13.6. The van der Waals surface area contributed by atoms with Crippen molar-refractivity contribution >= 4 is 0 Å². The van der Waals surface area contributed by atoms with Crippen LogP contribution in [0.2, 0.25) is 0 Å². The van der Waals surface area contributed by atoms with Gasteiger partial charge in [0.05, 0.1) is 0 Å². The normalized spacial score (nSPS) is 30.3. The Labute approximate surface area is 108 Å². The number of rotatable bonds is 5. The summed E-state index contributed by atoms with van der Waals surface area (Å²) < 4.78 is 18.6. The number of piperidine rings is 1. The maximum Gasteiger partial charge on any atom is 0.122 e. The van der Waals surface area contributed by atoms with E-state index in [1.807, 2.05) is 6.92 Å². The van der Waals surface area contributed by atoms with Crippen LogP contribution in [0.5, 0.6) is 0 Å². The molecule has 2 atom stereocenters. The van der Waals surface area contributed by atoms with Gasteiger partial charge in [0.1, 0.15) is 17.5 Å². The number of allylic oxidation sites excluding steroid dienone is 4. The van der Waals surface area contributed by atoms with Gasteiger partial charge in [-0.05, 0) is 44.5 Å². The number of nitrogens with one attached hydrogen (secondary N) is 1. The van der Waals surface area contributed by atoms with Crippen LogP contribution in [-0.2, 0) is 4.74 Å². The SMILES string of the molecule is C=C/C(F)=C\C=C(/C)C1(O)CCNCC1OCC. The maximum absolute atomic E-state index is 13.0. The van der Waals surface area contributed by atoms with Gasteiger partial charge in [0.2, 0.25) is 0 Å². The van der Waals surface area contributed by atoms with Gasteiger partial charge in [-0.15, -0.1) is 0 Å². The molecule has 0 aromatic heterocycles. The Morgan fingerprint density at radius 3 is 2.94 bits per heavy atom. The Morgan fingerprint density at radius 2 is 2.33 bits per heavy atom. The lowest BCUT2D eigenvalue weighted by molar-refractivity contribution is -0.0984. The molecule has 0 radical (unpaired) electrons. The minimum atomic E-state index is -1.03. The standard InChI is InChI=1S/C14H22FNO2/c1-4-12(15)7-6-11(3)14(17)8-9-16-10-13(14)18-5-2/h4,6-7,13,16-17H,1,5,8-10H2,2-3H3/b11-6+,12-7+.